The summed E-state index contributed by atoms with van der Waals surface area (Å²) in [6.07, 6.45) is -1.71. The van der Waals surface area contributed by atoms with Gasteiger partial charge in [0.1, 0.15) is 35.4 Å². The van der Waals surface area contributed by atoms with Gasteiger partial charge in [0.05, 0.1) is 0 Å². The molecule has 0 saturated heterocycles. The van der Waals surface area contributed by atoms with Gasteiger partial charge in [0.15, 0.2) is 0 Å². The van der Waals surface area contributed by atoms with Crippen molar-refractivity contribution >= 4 is 12.1 Å². The molecule has 1 N–H and O–H groups in total. The van der Waals surface area contributed by atoms with Crippen LogP contribution >= 0.6 is 0 Å². The molecule has 0 radical (unpaired) electrons. The third-order valence-corrected chi connectivity index (χ3v) is 3.59. The van der Waals surface area contributed by atoms with Crippen LogP contribution in [0.5, 0.6) is 5.75 Å². The molecule has 0 aliphatic rings. The summed E-state index contributed by atoms with van der Waals surface area (Å²) < 4.78 is 29.5. The third kappa shape index (κ3) is 8.28. The molecule has 0 aromatic heterocycles. The zero-order valence-corrected chi connectivity index (χ0v) is 17.0. The van der Waals surface area contributed by atoms with Crippen LogP contribution < -0.4 is 10.1 Å². The molecule has 1 rings (SSSR count). The second kappa shape index (κ2) is 9.58. The van der Waals surface area contributed by atoms with Gasteiger partial charge in [-0.25, -0.2) is 14.0 Å². The summed E-state index contributed by atoms with van der Waals surface area (Å²) in [6, 6.07) is 4.74. The normalized spacial score (nSPS) is 14.9. The number of alkyl carbamates (subject to hydrolysis) is 1. The number of benzene rings is 1. The Labute approximate surface area is 160 Å². The fraction of sp³-hybridized carbons (Fsp3) is 0.600. The van der Waals surface area contributed by atoms with E-state index in [2.05, 4.69) is 5.32 Å². The quantitative estimate of drug-likeness (QED) is 0.719. The monoisotopic (exact) mass is 383 g/mol. The van der Waals surface area contributed by atoms with Crippen LogP contribution in [-0.2, 0) is 14.3 Å². The number of esters is 1. The first-order chi connectivity index (χ1) is 12.4. The van der Waals surface area contributed by atoms with Gasteiger partial charge >= 0.3 is 12.1 Å². The van der Waals surface area contributed by atoms with Gasteiger partial charge in [0.2, 0.25) is 0 Å². The van der Waals surface area contributed by atoms with Crippen molar-refractivity contribution in [3.05, 3.63) is 30.1 Å². The summed E-state index contributed by atoms with van der Waals surface area (Å²) in [4.78, 5) is 24.2. The first kappa shape index (κ1) is 22.7. The second-order valence-electron chi connectivity index (χ2n) is 7.79. The molecule has 1 amide bonds. The van der Waals surface area contributed by atoms with E-state index in [4.69, 9.17) is 14.2 Å². The Morgan fingerprint density at radius 2 is 1.59 bits per heavy atom. The molecule has 0 spiro atoms. The summed E-state index contributed by atoms with van der Waals surface area (Å²) >= 11 is 0. The lowest BCUT2D eigenvalue weighted by molar-refractivity contribution is -0.158. The van der Waals surface area contributed by atoms with Crippen molar-refractivity contribution in [1.82, 2.24) is 5.32 Å². The minimum atomic E-state index is -0.876. The molecule has 3 atom stereocenters. The van der Waals surface area contributed by atoms with Crippen molar-refractivity contribution in [2.45, 2.75) is 72.3 Å². The zero-order chi connectivity index (χ0) is 20.8. The van der Waals surface area contributed by atoms with Gasteiger partial charge in [-0.15, -0.1) is 0 Å². The Bertz CT molecular complexity index is 624. The Kier molecular flexibility index (Phi) is 8.06. The van der Waals surface area contributed by atoms with Crippen molar-refractivity contribution in [3.63, 3.8) is 0 Å². The number of hydrogen-bond donors (Lipinski definition) is 1. The van der Waals surface area contributed by atoms with E-state index in [9.17, 15) is 14.0 Å². The summed E-state index contributed by atoms with van der Waals surface area (Å²) in [5.41, 5.74) is -0.661. The van der Waals surface area contributed by atoms with Crippen LogP contribution in [0.15, 0.2) is 24.3 Å². The van der Waals surface area contributed by atoms with Crippen LogP contribution in [0.25, 0.3) is 0 Å². The Morgan fingerprint density at radius 3 is 2.07 bits per heavy atom. The van der Waals surface area contributed by atoms with Gasteiger partial charge in [-0.2, -0.15) is 0 Å². The van der Waals surface area contributed by atoms with E-state index < -0.39 is 35.9 Å². The second-order valence-corrected chi connectivity index (χ2v) is 7.79. The number of rotatable bonds is 7. The topological polar surface area (TPSA) is 73.9 Å². The molecule has 0 fully saturated rings. The lowest BCUT2D eigenvalue weighted by Crippen LogP contribution is -2.46. The first-order valence-corrected chi connectivity index (χ1v) is 9.01. The van der Waals surface area contributed by atoms with Crippen LogP contribution in [0.3, 0.4) is 0 Å². The molecule has 0 aliphatic carbocycles. The number of ether oxygens (including phenoxy) is 3. The fourth-order valence-corrected chi connectivity index (χ4v) is 2.35. The number of halogens is 1. The lowest BCUT2D eigenvalue weighted by Gasteiger charge is -2.29. The highest BCUT2D eigenvalue weighted by atomic mass is 19.1. The minimum Gasteiger partial charge on any atom is -0.487 e. The molecule has 0 saturated carbocycles. The molecule has 7 heteroatoms. The standard InChI is InChI=1S/C20H30FNO5/c1-12(2)17(14(4)25-16-10-8-15(21)9-11-16)26-18(23)13(3)22-19(24)27-20(5,6)7/h8-14,17H,1-7H3,(H,22,24)/t13-,14-,17?/m0/s1. The van der Waals surface area contributed by atoms with Crippen LogP contribution in [0.1, 0.15) is 48.5 Å². The average molecular weight is 383 g/mol. The SMILES string of the molecule is CC(C)C(OC(=O)[C@H](C)NC(=O)OC(C)(C)C)[C@H](C)Oc1ccc(F)cc1. The summed E-state index contributed by atoms with van der Waals surface area (Å²) in [5.74, 6) is -0.498. The molecule has 1 unspecified atom stereocenters. The highest BCUT2D eigenvalue weighted by Crippen LogP contribution is 2.20. The van der Waals surface area contributed by atoms with E-state index in [0.717, 1.165) is 0 Å². The summed E-state index contributed by atoms with van der Waals surface area (Å²) in [7, 11) is 0. The molecule has 0 heterocycles. The number of carbonyl (C=O) groups is 2. The maximum absolute atomic E-state index is 13.0. The maximum Gasteiger partial charge on any atom is 0.408 e. The van der Waals surface area contributed by atoms with Crippen LogP contribution in [0, 0.1) is 11.7 Å². The predicted molar refractivity (Wildman–Crippen MR) is 100 cm³/mol. The average Bonchev–Trinajstić information content (AvgIpc) is 2.52. The van der Waals surface area contributed by atoms with Crippen molar-refractivity contribution in [3.8, 4) is 5.75 Å². The summed E-state index contributed by atoms with van der Waals surface area (Å²) in [5, 5.41) is 2.46. The molecule has 1 aromatic rings. The molecule has 0 aliphatic heterocycles. The first-order valence-electron chi connectivity index (χ1n) is 9.01. The Morgan fingerprint density at radius 1 is 1.04 bits per heavy atom. The van der Waals surface area contributed by atoms with E-state index in [1.54, 1.807) is 27.7 Å². The van der Waals surface area contributed by atoms with Gasteiger partial charge in [0.25, 0.3) is 0 Å². The molecular weight excluding hydrogens is 353 g/mol. The van der Waals surface area contributed by atoms with Gasteiger partial charge in [-0.3, -0.25) is 0 Å². The number of nitrogens with one attached hydrogen (secondary N) is 1. The van der Waals surface area contributed by atoms with Gasteiger partial charge in [0, 0.05) is 0 Å². The largest absolute Gasteiger partial charge is 0.487 e. The Balaban J connectivity index is 2.67. The number of carbonyl (C=O) groups excluding carboxylic acids is 2. The minimum absolute atomic E-state index is 0.0295. The van der Waals surface area contributed by atoms with E-state index in [0.29, 0.717) is 5.75 Å². The van der Waals surface area contributed by atoms with E-state index in [1.165, 1.54) is 31.2 Å². The molecule has 0 bridgehead atoms. The predicted octanol–water partition coefficient (Wildman–Crippen LogP) is 4.07. The van der Waals surface area contributed by atoms with Crippen LogP contribution in [0.2, 0.25) is 0 Å². The molecule has 1 aromatic carbocycles. The van der Waals surface area contributed by atoms with Crippen molar-refractivity contribution in [2.75, 3.05) is 0 Å². The number of hydrogen-bond acceptors (Lipinski definition) is 5. The fourth-order valence-electron chi connectivity index (χ4n) is 2.35. The molecule has 6 nitrogen and oxygen atoms in total. The third-order valence-electron chi connectivity index (χ3n) is 3.59. The Hall–Kier alpha value is -2.31. The van der Waals surface area contributed by atoms with Gasteiger partial charge < -0.3 is 19.5 Å². The zero-order valence-electron chi connectivity index (χ0n) is 17.0. The van der Waals surface area contributed by atoms with Crippen LogP contribution in [0.4, 0.5) is 9.18 Å². The van der Waals surface area contributed by atoms with Crippen LogP contribution in [-0.4, -0.2) is 35.9 Å². The smallest absolute Gasteiger partial charge is 0.408 e. The van der Waals surface area contributed by atoms with E-state index in [1.807, 2.05) is 13.8 Å². The highest BCUT2D eigenvalue weighted by Gasteiger charge is 2.30. The highest BCUT2D eigenvalue weighted by molar-refractivity contribution is 5.81. The van der Waals surface area contributed by atoms with Crippen molar-refractivity contribution in [2.24, 2.45) is 5.92 Å². The molecule has 27 heavy (non-hydrogen) atoms. The van der Waals surface area contributed by atoms with Gasteiger partial charge in [-0.1, -0.05) is 13.8 Å². The van der Waals surface area contributed by atoms with E-state index in [-0.39, 0.29) is 11.7 Å². The van der Waals surface area contributed by atoms with Crippen molar-refractivity contribution in [1.29, 1.82) is 0 Å². The van der Waals surface area contributed by atoms with Gasteiger partial charge in [-0.05, 0) is 64.8 Å². The number of amides is 1. The molecule has 152 valence electrons. The summed E-state index contributed by atoms with van der Waals surface area (Å²) in [6.45, 7) is 12.3. The lowest BCUT2D eigenvalue weighted by atomic mass is 10.0. The van der Waals surface area contributed by atoms with Crippen molar-refractivity contribution < 1.29 is 28.2 Å². The molecular formula is C20H30FNO5. The van der Waals surface area contributed by atoms with E-state index >= 15 is 0 Å². The maximum atomic E-state index is 13.0.